The van der Waals surface area contributed by atoms with Gasteiger partial charge < -0.3 is 4.74 Å². The minimum atomic E-state index is 0.576. The predicted octanol–water partition coefficient (Wildman–Crippen LogP) is 4.60. The first-order chi connectivity index (χ1) is 10.3. The molecule has 0 spiro atoms. The first kappa shape index (κ1) is 15.5. The molecule has 0 aromatic heterocycles. The lowest BCUT2D eigenvalue weighted by molar-refractivity contribution is 0.321. The molecule has 0 bridgehead atoms. The second kappa shape index (κ2) is 8.39. The van der Waals surface area contributed by atoms with Crippen LogP contribution in [0.4, 0.5) is 0 Å². The zero-order valence-corrected chi connectivity index (χ0v) is 13.0. The number of hydrogen-bond donors (Lipinski definition) is 0. The van der Waals surface area contributed by atoms with Crippen LogP contribution in [0.5, 0.6) is 5.75 Å². The van der Waals surface area contributed by atoms with E-state index in [9.17, 15) is 0 Å². The number of aryl methyl sites for hydroxylation is 1. The zero-order valence-electron chi connectivity index (χ0n) is 12.2. The number of ether oxygens (including phenoxy) is 1. The van der Waals surface area contributed by atoms with Crippen molar-refractivity contribution in [3.63, 3.8) is 0 Å². The maximum absolute atomic E-state index is 5.80. The van der Waals surface area contributed by atoms with Crippen molar-refractivity contribution >= 4 is 11.6 Å². The Bertz CT molecular complexity index is 623. The van der Waals surface area contributed by atoms with Crippen LogP contribution in [0.15, 0.2) is 48.5 Å². The molecule has 0 amide bonds. The Labute approximate surface area is 131 Å². The second-order valence-corrected chi connectivity index (χ2v) is 5.18. The number of halogens is 1. The van der Waals surface area contributed by atoms with Gasteiger partial charge >= 0.3 is 0 Å². The summed E-state index contributed by atoms with van der Waals surface area (Å²) in [5.41, 5.74) is 3.46. The molecule has 0 aliphatic carbocycles. The lowest BCUT2D eigenvalue weighted by Crippen LogP contribution is -2.01. The van der Waals surface area contributed by atoms with Crippen LogP contribution in [-0.4, -0.2) is 12.5 Å². The van der Waals surface area contributed by atoms with Gasteiger partial charge in [-0.05, 0) is 36.2 Å². The Hall–Kier alpha value is -1.91. The molecule has 0 aliphatic heterocycles. The first-order valence-electron chi connectivity index (χ1n) is 7.12. The van der Waals surface area contributed by atoms with E-state index in [1.807, 2.05) is 36.4 Å². The summed E-state index contributed by atoms with van der Waals surface area (Å²) in [5, 5.41) is 0. The lowest BCUT2D eigenvalue weighted by Gasteiger charge is -2.08. The SMILES string of the molecule is Cc1cc(OCCc2ccccc2)ccc1C#CCCCl. The molecule has 0 radical (unpaired) electrons. The van der Waals surface area contributed by atoms with Crippen molar-refractivity contribution in [2.45, 2.75) is 19.8 Å². The summed E-state index contributed by atoms with van der Waals surface area (Å²) in [6.45, 7) is 2.73. The topological polar surface area (TPSA) is 9.23 Å². The fourth-order valence-corrected chi connectivity index (χ4v) is 2.10. The van der Waals surface area contributed by atoms with E-state index in [4.69, 9.17) is 16.3 Å². The highest BCUT2D eigenvalue weighted by Gasteiger charge is 1.99. The minimum Gasteiger partial charge on any atom is -0.493 e. The third-order valence-electron chi connectivity index (χ3n) is 3.14. The largest absolute Gasteiger partial charge is 0.493 e. The van der Waals surface area contributed by atoms with Gasteiger partial charge in [0.1, 0.15) is 5.75 Å². The first-order valence-corrected chi connectivity index (χ1v) is 7.65. The Morgan fingerprint density at radius 1 is 1.10 bits per heavy atom. The summed E-state index contributed by atoms with van der Waals surface area (Å²) in [6.07, 6.45) is 1.63. The van der Waals surface area contributed by atoms with Gasteiger partial charge in [-0.1, -0.05) is 42.2 Å². The average Bonchev–Trinajstić information content (AvgIpc) is 2.51. The molecule has 0 atom stereocenters. The van der Waals surface area contributed by atoms with Gasteiger partial charge in [-0.3, -0.25) is 0 Å². The van der Waals surface area contributed by atoms with Crippen molar-refractivity contribution in [2.24, 2.45) is 0 Å². The third kappa shape index (κ3) is 5.17. The predicted molar refractivity (Wildman–Crippen MR) is 89.0 cm³/mol. The molecule has 1 nitrogen and oxygen atoms in total. The van der Waals surface area contributed by atoms with E-state index in [1.165, 1.54) is 5.56 Å². The van der Waals surface area contributed by atoms with E-state index in [-0.39, 0.29) is 0 Å². The molecule has 2 rings (SSSR count). The summed E-state index contributed by atoms with van der Waals surface area (Å²) < 4.78 is 5.80. The van der Waals surface area contributed by atoms with Gasteiger partial charge in [0.15, 0.2) is 0 Å². The Balaban J connectivity index is 1.90. The maximum Gasteiger partial charge on any atom is 0.119 e. The van der Waals surface area contributed by atoms with Gasteiger partial charge in [0.25, 0.3) is 0 Å². The van der Waals surface area contributed by atoms with Crippen LogP contribution in [0.3, 0.4) is 0 Å². The van der Waals surface area contributed by atoms with Crippen LogP contribution in [0, 0.1) is 18.8 Å². The number of rotatable bonds is 5. The standard InChI is InChI=1S/C19H19ClO/c1-16-15-19(11-10-18(16)9-5-6-13-20)21-14-12-17-7-3-2-4-8-17/h2-4,7-8,10-11,15H,6,12-14H2,1H3. The minimum absolute atomic E-state index is 0.576. The number of hydrogen-bond acceptors (Lipinski definition) is 1. The van der Waals surface area contributed by atoms with E-state index in [1.54, 1.807) is 0 Å². The van der Waals surface area contributed by atoms with E-state index >= 15 is 0 Å². The molecule has 0 saturated carbocycles. The molecule has 0 unspecified atom stereocenters. The van der Waals surface area contributed by atoms with Crippen molar-refractivity contribution in [1.82, 2.24) is 0 Å². The molecule has 0 aliphatic rings. The summed E-state index contributed by atoms with van der Waals surface area (Å²) in [5.74, 6) is 7.66. The molecular formula is C19H19ClO. The molecular weight excluding hydrogens is 280 g/mol. The lowest BCUT2D eigenvalue weighted by atomic mass is 10.1. The molecule has 2 aromatic rings. The van der Waals surface area contributed by atoms with Crippen LogP contribution in [0.1, 0.15) is 23.1 Å². The van der Waals surface area contributed by atoms with Gasteiger partial charge in [0.05, 0.1) is 6.61 Å². The van der Waals surface area contributed by atoms with Crippen LogP contribution in [0.2, 0.25) is 0 Å². The van der Waals surface area contributed by atoms with E-state index in [0.717, 1.165) is 29.7 Å². The molecule has 2 aromatic carbocycles. The third-order valence-corrected chi connectivity index (χ3v) is 3.33. The summed E-state index contributed by atoms with van der Waals surface area (Å²) in [7, 11) is 0. The molecule has 0 heterocycles. The van der Waals surface area contributed by atoms with E-state index < -0.39 is 0 Å². The molecule has 0 fully saturated rings. The Morgan fingerprint density at radius 3 is 2.62 bits per heavy atom. The summed E-state index contributed by atoms with van der Waals surface area (Å²) >= 11 is 5.62. The Kier molecular flexibility index (Phi) is 6.19. The number of alkyl halides is 1. The van der Waals surface area contributed by atoms with Gasteiger partial charge in [0, 0.05) is 24.3 Å². The highest BCUT2D eigenvalue weighted by molar-refractivity contribution is 6.18. The van der Waals surface area contributed by atoms with E-state index in [2.05, 4.69) is 30.9 Å². The van der Waals surface area contributed by atoms with Crippen LogP contribution < -0.4 is 4.74 Å². The van der Waals surface area contributed by atoms with E-state index in [0.29, 0.717) is 12.5 Å². The summed E-state index contributed by atoms with van der Waals surface area (Å²) in [6, 6.07) is 16.4. The normalized spacial score (nSPS) is 9.81. The fraction of sp³-hybridized carbons (Fsp3) is 0.263. The van der Waals surface area contributed by atoms with Crippen molar-refractivity contribution in [3.05, 3.63) is 65.2 Å². The van der Waals surface area contributed by atoms with Crippen molar-refractivity contribution < 1.29 is 4.74 Å². The highest BCUT2D eigenvalue weighted by Crippen LogP contribution is 2.17. The highest BCUT2D eigenvalue weighted by atomic mass is 35.5. The second-order valence-electron chi connectivity index (χ2n) is 4.80. The van der Waals surface area contributed by atoms with Gasteiger partial charge in [0.2, 0.25) is 0 Å². The monoisotopic (exact) mass is 298 g/mol. The zero-order chi connectivity index (χ0) is 14.9. The van der Waals surface area contributed by atoms with Gasteiger partial charge in [-0.25, -0.2) is 0 Å². The van der Waals surface area contributed by atoms with Crippen LogP contribution >= 0.6 is 11.6 Å². The number of benzene rings is 2. The maximum atomic E-state index is 5.80. The quantitative estimate of drug-likeness (QED) is 0.579. The molecule has 21 heavy (non-hydrogen) atoms. The molecule has 2 heteroatoms. The van der Waals surface area contributed by atoms with Crippen molar-refractivity contribution in [2.75, 3.05) is 12.5 Å². The van der Waals surface area contributed by atoms with Gasteiger partial charge in [-0.2, -0.15) is 0 Å². The molecule has 0 saturated heterocycles. The fourth-order valence-electron chi connectivity index (χ4n) is 2.00. The van der Waals surface area contributed by atoms with Crippen molar-refractivity contribution in [1.29, 1.82) is 0 Å². The van der Waals surface area contributed by atoms with Gasteiger partial charge in [-0.15, -0.1) is 11.6 Å². The smallest absolute Gasteiger partial charge is 0.119 e. The van der Waals surface area contributed by atoms with Crippen molar-refractivity contribution in [3.8, 4) is 17.6 Å². The molecule has 108 valence electrons. The summed E-state index contributed by atoms with van der Waals surface area (Å²) in [4.78, 5) is 0. The molecule has 0 N–H and O–H groups in total. The van der Waals surface area contributed by atoms with Crippen LogP contribution in [0.25, 0.3) is 0 Å². The average molecular weight is 299 g/mol. The van der Waals surface area contributed by atoms with Crippen LogP contribution in [-0.2, 0) is 6.42 Å². The Morgan fingerprint density at radius 2 is 1.90 bits per heavy atom.